The molecular weight excluding hydrogens is 283 g/mol. The summed E-state index contributed by atoms with van der Waals surface area (Å²) < 4.78 is 13.9. The molecule has 2 nitrogen and oxygen atoms in total. The van der Waals surface area contributed by atoms with Crippen LogP contribution in [-0.2, 0) is 6.42 Å². The first kappa shape index (κ1) is 14.0. The standard InChI is InChI=1S/C17H17FN2S/c18-15-10-12(8-9-14(15)17(19)21)20-16-7-3-5-11-4-1-2-6-13(11)16/h1-2,4,6,8-10,16,20H,3,5,7H2,(H2,19,21). The van der Waals surface area contributed by atoms with E-state index in [1.165, 1.54) is 17.2 Å². The molecule has 1 aliphatic rings. The van der Waals surface area contributed by atoms with Crippen molar-refractivity contribution in [3.8, 4) is 0 Å². The SMILES string of the molecule is NC(=S)c1ccc(NC2CCCc3ccccc32)cc1F. The highest BCUT2D eigenvalue weighted by atomic mass is 32.1. The van der Waals surface area contributed by atoms with Gasteiger partial charge in [-0.05, 0) is 48.6 Å². The zero-order chi connectivity index (χ0) is 14.8. The Hall–Kier alpha value is -1.94. The van der Waals surface area contributed by atoms with Gasteiger partial charge in [0.05, 0.1) is 6.04 Å². The minimum Gasteiger partial charge on any atom is -0.389 e. The van der Waals surface area contributed by atoms with Crippen molar-refractivity contribution in [2.75, 3.05) is 5.32 Å². The van der Waals surface area contributed by atoms with Gasteiger partial charge in [0.2, 0.25) is 0 Å². The number of halogens is 1. The van der Waals surface area contributed by atoms with Gasteiger partial charge in [-0.1, -0.05) is 36.5 Å². The van der Waals surface area contributed by atoms with Gasteiger partial charge in [-0.15, -0.1) is 0 Å². The van der Waals surface area contributed by atoms with Crippen LogP contribution in [0.3, 0.4) is 0 Å². The largest absolute Gasteiger partial charge is 0.389 e. The van der Waals surface area contributed by atoms with Crippen molar-refractivity contribution in [1.29, 1.82) is 0 Å². The molecule has 4 heteroatoms. The third-order valence-corrected chi connectivity index (χ3v) is 4.16. The molecular formula is C17H17FN2S. The number of nitrogens with two attached hydrogens (primary N) is 1. The second-order valence-electron chi connectivity index (χ2n) is 5.35. The number of nitrogens with one attached hydrogen (secondary N) is 1. The van der Waals surface area contributed by atoms with Gasteiger partial charge in [0.15, 0.2) is 0 Å². The molecule has 0 radical (unpaired) electrons. The Kier molecular flexibility index (Phi) is 3.88. The predicted molar refractivity (Wildman–Crippen MR) is 88.0 cm³/mol. The topological polar surface area (TPSA) is 38.0 Å². The van der Waals surface area contributed by atoms with Crippen molar-refractivity contribution in [2.45, 2.75) is 25.3 Å². The van der Waals surface area contributed by atoms with Gasteiger partial charge in [-0.2, -0.15) is 0 Å². The van der Waals surface area contributed by atoms with Crippen molar-refractivity contribution in [2.24, 2.45) is 5.73 Å². The summed E-state index contributed by atoms with van der Waals surface area (Å²) in [5, 5.41) is 3.42. The van der Waals surface area contributed by atoms with Gasteiger partial charge in [-0.3, -0.25) is 0 Å². The zero-order valence-electron chi connectivity index (χ0n) is 11.6. The molecule has 3 rings (SSSR count). The fourth-order valence-electron chi connectivity index (χ4n) is 2.91. The number of fused-ring (bicyclic) bond motifs is 1. The monoisotopic (exact) mass is 300 g/mol. The first-order valence-electron chi connectivity index (χ1n) is 7.09. The Morgan fingerprint density at radius 1 is 1.24 bits per heavy atom. The molecule has 1 unspecified atom stereocenters. The number of hydrogen-bond donors (Lipinski definition) is 2. The molecule has 0 amide bonds. The fraction of sp³-hybridized carbons (Fsp3) is 0.235. The number of benzene rings is 2. The summed E-state index contributed by atoms with van der Waals surface area (Å²) in [5.41, 5.74) is 9.22. The van der Waals surface area contributed by atoms with Gasteiger partial charge in [0.1, 0.15) is 10.8 Å². The van der Waals surface area contributed by atoms with E-state index in [1.54, 1.807) is 6.07 Å². The van der Waals surface area contributed by atoms with Crippen LogP contribution in [0.5, 0.6) is 0 Å². The highest BCUT2D eigenvalue weighted by Gasteiger charge is 2.19. The zero-order valence-corrected chi connectivity index (χ0v) is 12.4. The van der Waals surface area contributed by atoms with E-state index < -0.39 is 0 Å². The summed E-state index contributed by atoms with van der Waals surface area (Å²) >= 11 is 4.82. The number of thiocarbonyl (C=S) groups is 1. The van der Waals surface area contributed by atoms with Gasteiger partial charge < -0.3 is 11.1 Å². The van der Waals surface area contributed by atoms with Crippen LogP contribution in [-0.4, -0.2) is 4.99 Å². The van der Waals surface area contributed by atoms with Crippen molar-refractivity contribution in [3.63, 3.8) is 0 Å². The predicted octanol–water partition coefficient (Wildman–Crippen LogP) is 3.95. The van der Waals surface area contributed by atoms with Crippen LogP contribution >= 0.6 is 12.2 Å². The summed E-state index contributed by atoms with van der Waals surface area (Å²) in [5.74, 6) is -0.378. The quantitative estimate of drug-likeness (QED) is 0.843. The van der Waals surface area contributed by atoms with E-state index in [1.807, 2.05) is 6.07 Å². The molecule has 1 aliphatic carbocycles. The minimum absolute atomic E-state index is 0.0852. The maximum atomic E-state index is 13.9. The Morgan fingerprint density at radius 3 is 2.81 bits per heavy atom. The van der Waals surface area contributed by atoms with Crippen LogP contribution in [0.2, 0.25) is 0 Å². The lowest BCUT2D eigenvalue weighted by atomic mass is 9.87. The van der Waals surface area contributed by atoms with Gasteiger partial charge in [0.25, 0.3) is 0 Å². The first-order chi connectivity index (χ1) is 10.1. The average molecular weight is 300 g/mol. The lowest BCUT2D eigenvalue weighted by molar-refractivity contribution is 0.597. The maximum Gasteiger partial charge on any atom is 0.135 e. The van der Waals surface area contributed by atoms with Crippen molar-refractivity contribution >= 4 is 22.9 Å². The van der Waals surface area contributed by atoms with Gasteiger partial charge >= 0.3 is 0 Å². The van der Waals surface area contributed by atoms with Crippen LogP contribution in [0.4, 0.5) is 10.1 Å². The summed E-state index contributed by atoms with van der Waals surface area (Å²) in [6, 6.07) is 13.6. The number of hydrogen-bond acceptors (Lipinski definition) is 2. The van der Waals surface area contributed by atoms with Gasteiger partial charge in [-0.25, -0.2) is 4.39 Å². The molecule has 0 fully saturated rings. The van der Waals surface area contributed by atoms with E-state index in [4.69, 9.17) is 18.0 Å². The molecule has 108 valence electrons. The normalized spacial score (nSPS) is 17.1. The summed E-state index contributed by atoms with van der Waals surface area (Å²) in [4.78, 5) is 0.0852. The van der Waals surface area contributed by atoms with Gasteiger partial charge in [0, 0.05) is 11.3 Å². The van der Waals surface area contributed by atoms with E-state index in [-0.39, 0.29) is 16.8 Å². The number of anilines is 1. The van der Waals surface area contributed by atoms with E-state index >= 15 is 0 Å². The molecule has 0 saturated heterocycles. The smallest absolute Gasteiger partial charge is 0.135 e. The molecule has 2 aromatic rings. The molecule has 0 saturated carbocycles. The summed E-state index contributed by atoms with van der Waals surface area (Å²) in [6.07, 6.45) is 3.31. The number of rotatable bonds is 3. The summed E-state index contributed by atoms with van der Waals surface area (Å²) in [7, 11) is 0. The molecule has 1 atom stereocenters. The molecule has 21 heavy (non-hydrogen) atoms. The Balaban J connectivity index is 1.85. The molecule has 0 aromatic heterocycles. The van der Waals surface area contributed by atoms with E-state index in [9.17, 15) is 4.39 Å². The minimum atomic E-state index is -0.378. The lowest BCUT2D eigenvalue weighted by Gasteiger charge is -2.27. The first-order valence-corrected chi connectivity index (χ1v) is 7.49. The van der Waals surface area contributed by atoms with Crippen molar-refractivity contribution in [3.05, 3.63) is 65.0 Å². The van der Waals surface area contributed by atoms with Crippen molar-refractivity contribution < 1.29 is 4.39 Å². The maximum absolute atomic E-state index is 13.9. The highest BCUT2D eigenvalue weighted by Crippen LogP contribution is 2.32. The molecule has 3 N–H and O–H groups in total. The van der Waals surface area contributed by atoms with Crippen LogP contribution in [0.1, 0.15) is 35.6 Å². The van der Waals surface area contributed by atoms with Crippen LogP contribution < -0.4 is 11.1 Å². The van der Waals surface area contributed by atoms with Crippen LogP contribution in [0.25, 0.3) is 0 Å². The second-order valence-corrected chi connectivity index (χ2v) is 5.79. The fourth-order valence-corrected chi connectivity index (χ4v) is 3.08. The molecule has 0 spiro atoms. The molecule has 0 aliphatic heterocycles. The average Bonchev–Trinajstić information content (AvgIpc) is 2.47. The van der Waals surface area contributed by atoms with Crippen LogP contribution in [0, 0.1) is 5.82 Å². The number of aryl methyl sites for hydroxylation is 1. The second kappa shape index (κ2) is 5.82. The van der Waals surface area contributed by atoms with Crippen LogP contribution in [0.15, 0.2) is 42.5 Å². The molecule has 2 aromatic carbocycles. The third-order valence-electron chi connectivity index (χ3n) is 3.94. The Bertz CT molecular complexity index is 684. The van der Waals surface area contributed by atoms with E-state index in [2.05, 4.69) is 29.6 Å². The molecule has 0 heterocycles. The summed E-state index contributed by atoms with van der Waals surface area (Å²) in [6.45, 7) is 0. The molecule has 0 bridgehead atoms. The Labute approximate surface area is 129 Å². The lowest BCUT2D eigenvalue weighted by Crippen LogP contribution is -2.18. The van der Waals surface area contributed by atoms with Crippen molar-refractivity contribution in [1.82, 2.24) is 0 Å². The van der Waals surface area contributed by atoms with E-state index in [0.29, 0.717) is 5.56 Å². The highest BCUT2D eigenvalue weighted by molar-refractivity contribution is 7.80. The Morgan fingerprint density at radius 2 is 2.05 bits per heavy atom. The van der Waals surface area contributed by atoms with E-state index in [0.717, 1.165) is 24.9 Å². The third kappa shape index (κ3) is 2.90.